The van der Waals surface area contributed by atoms with Gasteiger partial charge in [0.25, 0.3) is 0 Å². The van der Waals surface area contributed by atoms with Crippen LogP contribution in [0.15, 0.2) is 24.3 Å². The molecule has 3 heteroatoms. The molecule has 0 radical (unpaired) electrons. The zero-order valence-corrected chi connectivity index (χ0v) is 13.6. The molecule has 0 amide bonds. The first-order chi connectivity index (χ1) is 9.98. The highest BCUT2D eigenvalue weighted by molar-refractivity contribution is 5.24. The normalized spacial score (nSPS) is 23.7. The van der Waals surface area contributed by atoms with Crippen LogP contribution in [-0.2, 0) is 11.2 Å². The Morgan fingerprint density at radius 3 is 2.57 bits per heavy atom. The van der Waals surface area contributed by atoms with Gasteiger partial charge in [0.05, 0.1) is 11.7 Å². The molecule has 2 N–H and O–H groups in total. The Kier molecular flexibility index (Phi) is 5.80. The van der Waals surface area contributed by atoms with E-state index in [2.05, 4.69) is 38.2 Å². The Labute approximate surface area is 128 Å². The lowest BCUT2D eigenvalue weighted by Gasteiger charge is -2.24. The lowest BCUT2D eigenvalue weighted by atomic mass is 10.00. The number of benzene rings is 1. The minimum atomic E-state index is -0.455. The van der Waals surface area contributed by atoms with Gasteiger partial charge in [-0.05, 0) is 43.2 Å². The maximum atomic E-state index is 10.2. The van der Waals surface area contributed by atoms with Gasteiger partial charge in [0.15, 0.2) is 0 Å². The summed E-state index contributed by atoms with van der Waals surface area (Å²) in [6.07, 6.45) is 2.87. The molecule has 0 bridgehead atoms. The lowest BCUT2D eigenvalue weighted by Crippen LogP contribution is -2.38. The van der Waals surface area contributed by atoms with Crippen molar-refractivity contribution in [2.24, 2.45) is 5.92 Å². The van der Waals surface area contributed by atoms with Crippen LogP contribution in [0, 0.1) is 5.92 Å². The lowest BCUT2D eigenvalue weighted by molar-refractivity contribution is 0.0185. The predicted molar refractivity (Wildman–Crippen MR) is 86.4 cm³/mol. The molecule has 1 aromatic carbocycles. The third kappa shape index (κ3) is 5.10. The number of ether oxygens (including phenoxy) is 1. The monoisotopic (exact) mass is 291 g/mol. The number of aliphatic hydroxyl groups excluding tert-OH is 1. The average molecular weight is 291 g/mol. The molecule has 1 aliphatic heterocycles. The summed E-state index contributed by atoms with van der Waals surface area (Å²) in [5.74, 6) is 0.662. The standard InChI is InChI=1S/C18H29NO2/c1-14(2)11-15-5-7-16(8-6-15)17(20)12-19-13-18(3)9-4-10-21-18/h5-8,14,17,19-20H,4,9-13H2,1-3H3. The largest absolute Gasteiger partial charge is 0.387 e. The molecule has 0 spiro atoms. The van der Waals surface area contributed by atoms with Gasteiger partial charge in [0.2, 0.25) is 0 Å². The van der Waals surface area contributed by atoms with Crippen LogP contribution in [0.2, 0.25) is 0 Å². The number of rotatable bonds is 7. The van der Waals surface area contributed by atoms with E-state index in [1.54, 1.807) is 0 Å². The Balaban J connectivity index is 1.78. The summed E-state index contributed by atoms with van der Waals surface area (Å²) in [5.41, 5.74) is 2.26. The van der Waals surface area contributed by atoms with Gasteiger partial charge in [0, 0.05) is 19.7 Å². The predicted octanol–water partition coefficient (Wildman–Crippen LogP) is 3.08. The van der Waals surface area contributed by atoms with E-state index in [9.17, 15) is 5.11 Å². The molecule has 0 aromatic heterocycles. The van der Waals surface area contributed by atoms with E-state index in [0.29, 0.717) is 12.5 Å². The molecule has 3 nitrogen and oxygen atoms in total. The van der Waals surface area contributed by atoms with Gasteiger partial charge >= 0.3 is 0 Å². The van der Waals surface area contributed by atoms with Gasteiger partial charge in [-0.3, -0.25) is 0 Å². The highest BCUT2D eigenvalue weighted by Crippen LogP contribution is 2.24. The summed E-state index contributed by atoms with van der Waals surface area (Å²) in [7, 11) is 0. The number of nitrogens with one attached hydrogen (secondary N) is 1. The van der Waals surface area contributed by atoms with Crippen LogP contribution in [0.3, 0.4) is 0 Å². The first kappa shape index (κ1) is 16.5. The number of hydrogen-bond donors (Lipinski definition) is 2. The molecule has 1 aliphatic rings. The first-order valence-electron chi connectivity index (χ1n) is 8.10. The Morgan fingerprint density at radius 2 is 2.00 bits per heavy atom. The Bertz CT molecular complexity index is 421. The van der Waals surface area contributed by atoms with Gasteiger partial charge in [0.1, 0.15) is 0 Å². The molecule has 2 atom stereocenters. The molecule has 1 heterocycles. The van der Waals surface area contributed by atoms with Crippen LogP contribution < -0.4 is 5.32 Å². The van der Waals surface area contributed by atoms with E-state index >= 15 is 0 Å². The van der Waals surface area contributed by atoms with Gasteiger partial charge in [-0.25, -0.2) is 0 Å². The van der Waals surface area contributed by atoms with Gasteiger partial charge in [-0.1, -0.05) is 38.1 Å². The van der Waals surface area contributed by atoms with Gasteiger partial charge in [-0.15, -0.1) is 0 Å². The van der Waals surface area contributed by atoms with Crippen molar-refractivity contribution in [2.75, 3.05) is 19.7 Å². The smallest absolute Gasteiger partial charge is 0.0914 e. The molecule has 2 rings (SSSR count). The molecular weight excluding hydrogens is 262 g/mol. The summed E-state index contributed by atoms with van der Waals surface area (Å²) in [6.45, 7) is 8.81. The third-order valence-corrected chi connectivity index (χ3v) is 4.15. The third-order valence-electron chi connectivity index (χ3n) is 4.15. The van der Waals surface area contributed by atoms with Crippen molar-refractivity contribution in [3.05, 3.63) is 35.4 Å². The van der Waals surface area contributed by atoms with Crippen LogP contribution in [0.1, 0.15) is 50.8 Å². The topological polar surface area (TPSA) is 41.5 Å². The molecule has 1 aromatic rings. The van der Waals surface area contributed by atoms with Crippen LogP contribution in [0.25, 0.3) is 0 Å². The summed E-state index contributed by atoms with van der Waals surface area (Å²) in [5, 5.41) is 13.6. The molecule has 1 saturated heterocycles. The van der Waals surface area contributed by atoms with E-state index in [0.717, 1.165) is 38.0 Å². The van der Waals surface area contributed by atoms with Crippen molar-refractivity contribution in [1.29, 1.82) is 0 Å². The Morgan fingerprint density at radius 1 is 1.29 bits per heavy atom. The van der Waals surface area contributed by atoms with Crippen molar-refractivity contribution in [3.63, 3.8) is 0 Å². The fourth-order valence-corrected chi connectivity index (χ4v) is 2.91. The summed E-state index contributed by atoms with van der Waals surface area (Å²) in [6, 6.07) is 8.33. The van der Waals surface area contributed by atoms with E-state index in [1.165, 1.54) is 5.56 Å². The minimum Gasteiger partial charge on any atom is -0.387 e. The summed E-state index contributed by atoms with van der Waals surface area (Å²) < 4.78 is 5.74. The summed E-state index contributed by atoms with van der Waals surface area (Å²) >= 11 is 0. The van der Waals surface area contributed by atoms with E-state index in [4.69, 9.17) is 4.74 Å². The van der Waals surface area contributed by atoms with E-state index in [-0.39, 0.29) is 5.60 Å². The molecular formula is C18H29NO2. The second-order valence-corrected chi connectivity index (χ2v) is 6.89. The first-order valence-corrected chi connectivity index (χ1v) is 8.10. The van der Waals surface area contributed by atoms with Crippen LogP contribution in [0.4, 0.5) is 0 Å². The molecule has 1 fully saturated rings. The minimum absolute atomic E-state index is 0.0547. The SMILES string of the molecule is CC(C)Cc1ccc(C(O)CNCC2(C)CCCO2)cc1. The maximum absolute atomic E-state index is 10.2. The second-order valence-electron chi connectivity index (χ2n) is 6.89. The highest BCUT2D eigenvalue weighted by atomic mass is 16.5. The highest BCUT2D eigenvalue weighted by Gasteiger charge is 2.29. The van der Waals surface area contributed by atoms with Crippen molar-refractivity contribution >= 4 is 0 Å². The zero-order chi connectivity index (χ0) is 15.3. The van der Waals surface area contributed by atoms with Crippen molar-refractivity contribution in [2.45, 2.75) is 51.7 Å². The zero-order valence-electron chi connectivity index (χ0n) is 13.6. The molecule has 0 aliphatic carbocycles. The Hall–Kier alpha value is -0.900. The summed E-state index contributed by atoms with van der Waals surface area (Å²) in [4.78, 5) is 0. The quantitative estimate of drug-likeness (QED) is 0.811. The van der Waals surface area contributed by atoms with Crippen molar-refractivity contribution < 1.29 is 9.84 Å². The van der Waals surface area contributed by atoms with Crippen molar-refractivity contribution in [3.8, 4) is 0 Å². The van der Waals surface area contributed by atoms with Gasteiger partial charge < -0.3 is 15.2 Å². The fraction of sp³-hybridized carbons (Fsp3) is 0.667. The maximum Gasteiger partial charge on any atom is 0.0914 e. The number of aliphatic hydroxyl groups is 1. The fourth-order valence-electron chi connectivity index (χ4n) is 2.91. The van der Waals surface area contributed by atoms with E-state index < -0.39 is 6.10 Å². The molecule has 118 valence electrons. The van der Waals surface area contributed by atoms with Crippen LogP contribution in [-0.4, -0.2) is 30.4 Å². The average Bonchev–Trinajstić information content (AvgIpc) is 2.86. The molecule has 0 saturated carbocycles. The molecule has 2 unspecified atom stereocenters. The van der Waals surface area contributed by atoms with Gasteiger partial charge in [-0.2, -0.15) is 0 Å². The van der Waals surface area contributed by atoms with Crippen LogP contribution >= 0.6 is 0 Å². The van der Waals surface area contributed by atoms with E-state index in [1.807, 2.05) is 12.1 Å². The number of hydrogen-bond acceptors (Lipinski definition) is 3. The van der Waals surface area contributed by atoms with Crippen LogP contribution in [0.5, 0.6) is 0 Å². The second kappa shape index (κ2) is 7.39. The molecule has 21 heavy (non-hydrogen) atoms. The van der Waals surface area contributed by atoms with Crippen molar-refractivity contribution in [1.82, 2.24) is 5.32 Å².